The summed E-state index contributed by atoms with van der Waals surface area (Å²) in [5.41, 5.74) is 5.22. The molecule has 1 rings (SSSR count). The van der Waals surface area contributed by atoms with Crippen LogP contribution < -0.4 is 11.1 Å². The van der Waals surface area contributed by atoms with Crippen LogP contribution in [0, 0.1) is 0 Å². The van der Waals surface area contributed by atoms with Crippen LogP contribution in [0.3, 0.4) is 0 Å². The van der Waals surface area contributed by atoms with Crippen molar-refractivity contribution in [2.24, 2.45) is 5.73 Å². The highest BCUT2D eigenvalue weighted by atomic mass is 32.1. The average molecular weight is 188 g/mol. The van der Waals surface area contributed by atoms with Crippen molar-refractivity contribution in [3.05, 3.63) is 0 Å². The van der Waals surface area contributed by atoms with Gasteiger partial charge in [-0.1, -0.05) is 12.2 Å². The molecule has 1 aliphatic rings. The van der Waals surface area contributed by atoms with E-state index in [-0.39, 0.29) is 18.6 Å². The van der Waals surface area contributed by atoms with Crippen LogP contribution in [0.5, 0.6) is 0 Å². The van der Waals surface area contributed by atoms with Gasteiger partial charge in [0.15, 0.2) is 0 Å². The number of ether oxygens (including phenoxy) is 1. The molecule has 12 heavy (non-hydrogen) atoms. The number of hydrogen-bond acceptors (Lipinski definition) is 3. The van der Waals surface area contributed by atoms with E-state index < -0.39 is 0 Å². The van der Waals surface area contributed by atoms with Gasteiger partial charge >= 0.3 is 0 Å². The van der Waals surface area contributed by atoms with Crippen molar-refractivity contribution in [2.75, 3.05) is 13.2 Å². The predicted molar refractivity (Wildman–Crippen MR) is 48.8 cm³/mol. The molecule has 1 amide bonds. The molecule has 0 aliphatic carbocycles. The number of nitrogens with two attached hydrogens (primary N) is 1. The van der Waals surface area contributed by atoms with Crippen LogP contribution in [0.1, 0.15) is 12.8 Å². The maximum absolute atomic E-state index is 11.2. The van der Waals surface area contributed by atoms with Crippen molar-refractivity contribution in [2.45, 2.75) is 18.9 Å². The van der Waals surface area contributed by atoms with Crippen molar-refractivity contribution >= 4 is 23.1 Å². The summed E-state index contributed by atoms with van der Waals surface area (Å²) in [6.07, 6.45) is 1.45. The first-order valence-corrected chi connectivity index (χ1v) is 4.28. The van der Waals surface area contributed by atoms with E-state index in [1.165, 1.54) is 0 Å². The Labute approximate surface area is 76.4 Å². The zero-order valence-corrected chi connectivity index (χ0v) is 7.52. The van der Waals surface area contributed by atoms with Crippen molar-refractivity contribution in [1.82, 2.24) is 5.32 Å². The van der Waals surface area contributed by atoms with Crippen LogP contribution in [-0.2, 0) is 9.53 Å². The molecule has 0 spiro atoms. The molecule has 3 N–H and O–H groups in total. The van der Waals surface area contributed by atoms with Gasteiger partial charge in [-0.15, -0.1) is 0 Å². The van der Waals surface area contributed by atoms with Crippen LogP contribution in [0.25, 0.3) is 0 Å². The van der Waals surface area contributed by atoms with Crippen molar-refractivity contribution < 1.29 is 9.53 Å². The van der Waals surface area contributed by atoms with Gasteiger partial charge in [0, 0.05) is 6.61 Å². The average Bonchev–Trinajstić information content (AvgIpc) is 2.51. The highest BCUT2D eigenvalue weighted by Gasteiger charge is 2.22. The number of amides is 1. The highest BCUT2D eigenvalue weighted by Crippen LogP contribution is 2.11. The topological polar surface area (TPSA) is 64.3 Å². The fourth-order valence-electron chi connectivity index (χ4n) is 1.07. The van der Waals surface area contributed by atoms with Crippen LogP contribution in [0.15, 0.2) is 0 Å². The van der Waals surface area contributed by atoms with Gasteiger partial charge in [-0.25, -0.2) is 0 Å². The van der Waals surface area contributed by atoms with E-state index in [1.807, 2.05) is 0 Å². The molecule has 1 atom stereocenters. The third kappa shape index (κ3) is 2.75. The molecule has 1 aliphatic heterocycles. The number of hydrogen-bond donors (Lipinski definition) is 2. The van der Waals surface area contributed by atoms with E-state index in [9.17, 15) is 4.79 Å². The van der Waals surface area contributed by atoms with E-state index in [0.29, 0.717) is 11.6 Å². The van der Waals surface area contributed by atoms with Crippen LogP contribution >= 0.6 is 12.2 Å². The van der Waals surface area contributed by atoms with Crippen molar-refractivity contribution in [3.8, 4) is 0 Å². The number of carbonyl (C=O) groups excluding carboxylic acids is 1. The fraction of sp³-hybridized carbons (Fsp3) is 0.714. The Balaban J connectivity index is 2.23. The first kappa shape index (κ1) is 9.41. The Morgan fingerprint density at radius 3 is 3.00 bits per heavy atom. The highest BCUT2D eigenvalue weighted by molar-refractivity contribution is 7.80. The molecule has 1 heterocycles. The molecule has 0 aromatic rings. The minimum absolute atomic E-state index is 0.111. The monoisotopic (exact) mass is 188 g/mol. The standard InChI is InChI=1S/C7H12N2O2S/c8-6(12)4-9-7(10)5-2-1-3-11-5/h5H,1-4H2,(H2,8,12)(H,9,10). The molecule has 1 saturated heterocycles. The van der Waals surface area contributed by atoms with Gasteiger partial charge in [0.1, 0.15) is 6.10 Å². The largest absolute Gasteiger partial charge is 0.392 e. The van der Waals surface area contributed by atoms with Crippen LogP contribution in [-0.4, -0.2) is 30.2 Å². The number of rotatable bonds is 3. The number of nitrogens with one attached hydrogen (secondary N) is 1. The summed E-state index contributed by atoms with van der Waals surface area (Å²) in [6.45, 7) is 0.930. The maximum Gasteiger partial charge on any atom is 0.249 e. The first-order valence-electron chi connectivity index (χ1n) is 3.88. The van der Waals surface area contributed by atoms with Gasteiger partial charge in [0.2, 0.25) is 5.91 Å². The smallest absolute Gasteiger partial charge is 0.249 e. The summed E-state index contributed by atoms with van der Waals surface area (Å²) >= 11 is 4.61. The molecule has 4 nitrogen and oxygen atoms in total. The van der Waals surface area contributed by atoms with Gasteiger partial charge in [0.25, 0.3) is 0 Å². The van der Waals surface area contributed by atoms with Crippen molar-refractivity contribution in [1.29, 1.82) is 0 Å². The van der Waals surface area contributed by atoms with E-state index in [4.69, 9.17) is 10.5 Å². The Hall–Kier alpha value is -0.680. The number of carbonyl (C=O) groups is 1. The summed E-state index contributed by atoms with van der Waals surface area (Å²) in [5.74, 6) is -0.111. The summed E-state index contributed by atoms with van der Waals surface area (Å²) in [4.78, 5) is 11.5. The second-order valence-corrected chi connectivity index (χ2v) is 3.21. The second-order valence-electron chi connectivity index (χ2n) is 2.69. The van der Waals surface area contributed by atoms with Gasteiger partial charge in [-0.2, -0.15) is 0 Å². The summed E-state index contributed by atoms with van der Waals surface area (Å²) in [7, 11) is 0. The van der Waals surface area contributed by atoms with Gasteiger partial charge in [0.05, 0.1) is 11.5 Å². The Morgan fingerprint density at radius 2 is 2.50 bits per heavy atom. The summed E-state index contributed by atoms with van der Waals surface area (Å²) in [5, 5.41) is 2.59. The third-order valence-corrected chi connectivity index (χ3v) is 1.80. The quantitative estimate of drug-likeness (QED) is 0.590. The van der Waals surface area contributed by atoms with Gasteiger partial charge in [-0.05, 0) is 12.8 Å². The van der Waals surface area contributed by atoms with Gasteiger partial charge < -0.3 is 15.8 Å². The molecule has 0 radical (unpaired) electrons. The molecular formula is C7H12N2O2S. The molecule has 0 saturated carbocycles. The lowest BCUT2D eigenvalue weighted by Gasteiger charge is -2.08. The normalized spacial score (nSPS) is 22.2. The van der Waals surface area contributed by atoms with E-state index >= 15 is 0 Å². The molecule has 68 valence electrons. The van der Waals surface area contributed by atoms with Crippen molar-refractivity contribution in [3.63, 3.8) is 0 Å². The lowest BCUT2D eigenvalue weighted by Crippen LogP contribution is -2.38. The molecule has 0 bridgehead atoms. The minimum Gasteiger partial charge on any atom is -0.392 e. The Bertz CT molecular complexity index is 190. The van der Waals surface area contributed by atoms with E-state index in [0.717, 1.165) is 12.8 Å². The lowest BCUT2D eigenvalue weighted by molar-refractivity contribution is -0.129. The van der Waals surface area contributed by atoms with E-state index in [1.54, 1.807) is 0 Å². The zero-order valence-electron chi connectivity index (χ0n) is 6.71. The zero-order chi connectivity index (χ0) is 8.97. The molecular weight excluding hydrogens is 176 g/mol. The number of thiocarbonyl (C=S) groups is 1. The Kier molecular flexibility index (Phi) is 3.43. The summed E-state index contributed by atoms with van der Waals surface area (Å²) < 4.78 is 5.15. The maximum atomic E-state index is 11.2. The lowest BCUT2D eigenvalue weighted by atomic mass is 10.2. The molecule has 0 aromatic carbocycles. The first-order chi connectivity index (χ1) is 5.70. The second kappa shape index (κ2) is 4.37. The predicted octanol–water partition coefficient (Wildman–Crippen LogP) is -0.432. The third-order valence-electron chi connectivity index (χ3n) is 1.66. The summed E-state index contributed by atoms with van der Waals surface area (Å²) in [6, 6.07) is 0. The van der Waals surface area contributed by atoms with Gasteiger partial charge in [-0.3, -0.25) is 4.79 Å². The molecule has 1 unspecified atom stereocenters. The molecule has 5 heteroatoms. The molecule has 1 fully saturated rings. The van der Waals surface area contributed by atoms with Crippen LogP contribution in [0.2, 0.25) is 0 Å². The SMILES string of the molecule is NC(=S)CNC(=O)C1CCCO1. The molecule has 0 aromatic heterocycles. The van der Waals surface area contributed by atoms with Crippen LogP contribution in [0.4, 0.5) is 0 Å². The fourth-order valence-corrected chi connectivity index (χ4v) is 1.14. The Morgan fingerprint density at radius 1 is 1.75 bits per heavy atom. The minimum atomic E-state index is -0.292. The van der Waals surface area contributed by atoms with E-state index in [2.05, 4.69) is 17.5 Å².